The molecule has 43 heavy (non-hydrogen) atoms. The average molecular weight is 604 g/mol. The first-order chi connectivity index (χ1) is 20.5. The molecule has 3 aliphatic rings. The lowest BCUT2D eigenvalue weighted by molar-refractivity contribution is -0.284. The van der Waals surface area contributed by atoms with Crippen LogP contribution in [0.1, 0.15) is 85.2 Å². The number of carbonyl (C=O) groups excluding carboxylic acids is 1. The number of aromatic amines is 1. The average Bonchev–Trinajstić information content (AvgIpc) is 3.72. The molecule has 1 aliphatic heterocycles. The van der Waals surface area contributed by atoms with Crippen LogP contribution in [-0.4, -0.2) is 57.0 Å². The lowest BCUT2D eigenvalue weighted by atomic mass is 9.91. The van der Waals surface area contributed by atoms with Crippen molar-refractivity contribution in [2.24, 2.45) is 0 Å². The van der Waals surface area contributed by atoms with Gasteiger partial charge < -0.3 is 34.5 Å². The van der Waals surface area contributed by atoms with Gasteiger partial charge >= 0.3 is 12.1 Å². The maximum Gasteiger partial charge on any atom is 0.416 e. The first-order valence-electron chi connectivity index (χ1n) is 14.9. The molecular weight excluding hydrogens is 567 g/mol. The van der Waals surface area contributed by atoms with Gasteiger partial charge in [0.05, 0.1) is 18.1 Å². The number of fused-ring (bicyclic) bond motifs is 3. The molecule has 3 aromatic rings. The van der Waals surface area contributed by atoms with Gasteiger partial charge in [-0.25, -0.2) is 0 Å². The fourth-order valence-corrected chi connectivity index (χ4v) is 6.81. The molecule has 0 spiro atoms. The van der Waals surface area contributed by atoms with E-state index in [4.69, 9.17) is 14.2 Å². The molecule has 11 heteroatoms. The van der Waals surface area contributed by atoms with Crippen molar-refractivity contribution in [3.8, 4) is 5.75 Å². The number of rotatable bonds is 7. The molecule has 2 aliphatic carbocycles. The molecule has 232 valence electrons. The number of carbonyl (C=O) groups is 1. The van der Waals surface area contributed by atoms with E-state index in [2.05, 4.69) is 4.98 Å². The molecule has 0 bridgehead atoms. The Bertz CT molecular complexity index is 1480. The van der Waals surface area contributed by atoms with E-state index in [1.165, 1.54) is 13.0 Å². The normalized spacial score (nSPS) is 27.9. The van der Waals surface area contributed by atoms with Gasteiger partial charge in [0.25, 0.3) is 0 Å². The summed E-state index contributed by atoms with van der Waals surface area (Å²) >= 11 is 0. The van der Waals surface area contributed by atoms with Gasteiger partial charge in [-0.1, -0.05) is 25.0 Å². The molecule has 2 aromatic carbocycles. The molecule has 4 N–H and O–H groups in total. The summed E-state index contributed by atoms with van der Waals surface area (Å²) < 4.78 is 58.3. The smallest absolute Gasteiger partial charge is 0.416 e. The Morgan fingerprint density at radius 1 is 1.02 bits per heavy atom. The molecule has 8 nitrogen and oxygen atoms in total. The Kier molecular flexibility index (Phi) is 8.18. The molecule has 2 fully saturated rings. The number of aliphatic hydroxyl groups excluding tert-OH is 3. The first kappa shape index (κ1) is 29.9. The van der Waals surface area contributed by atoms with E-state index in [0.717, 1.165) is 47.8 Å². The van der Waals surface area contributed by atoms with Gasteiger partial charge in [-0.15, -0.1) is 0 Å². The topological polar surface area (TPSA) is 121 Å². The maximum absolute atomic E-state index is 13.9. The van der Waals surface area contributed by atoms with Crippen LogP contribution in [0, 0.1) is 0 Å². The van der Waals surface area contributed by atoms with Crippen LogP contribution in [0.4, 0.5) is 13.2 Å². The van der Waals surface area contributed by atoms with Crippen molar-refractivity contribution in [2.45, 2.75) is 107 Å². The van der Waals surface area contributed by atoms with Crippen LogP contribution >= 0.6 is 0 Å². The number of aromatic nitrogens is 1. The summed E-state index contributed by atoms with van der Waals surface area (Å²) in [7, 11) is 0. The van der Waals surface area contributed by atoms with Gasteiger partial charge in [-0.2, -0.15) is 13.2 Å². The van der Waals surface area contributed by atoms with Crippen LogP contribution in [0.2, 0.25) is 0 Å². The van der Waals surface area contributed by atoms with E-state index in [0.29, 0.717) is 29.7 Å². The highest BCUT2D eigenvalue weighted by molar-refractivity contribution is 5.87. The van der Waals surface area contributed by atoms with Gasteiger partial charge in [0.15, 0.2) is 0 Å². The fraction of sp³-hybridized carbons (Fsp3) is 0.531. The van der Waals surface area contributed by atoms with Crippen molar-refractivity contribution in [3.63, 3.8) is 0 Å². The number of alkyl halides is 3. The minimum atomic E-state index is -4.42. The molecule has 1 saturated heterocycles. The SMILES string of the molecule is C[C@H]1O[C@@H](OC(=O)C[C@H]2CCc3c2[nH]c2ccc(OCc4ccc(C5CCCC5)c(C(F)(F)F)c4)cc32)[C@H](O)[C@@H](O)[C@@H]1O. The third-order valence-electron chi connectivity index (χ3n) is 9.15. The van der Waals surface area contributed by atoms with Crippen LogP contribution in [0.3, 0.4) is 0 Å². The largest absolute Gasteiger partial charge is 0.489 e. The maximum atomic E-state index is 13.9. The van der Waals surface area contributed by atoms with Crippen LogP contribution in [0.15, 0.2) is 36.4 Å². The monoisotopic (exact) mass is 603 g/mol. The number of hydrogen-bond acceptors (Lipinski definition) is 7. The predicted molar refractivity (Wildman–Crippen MR) is 149 cm³/mol. The highest BCUT2D eigenvalue weighted by Gasteiger charge is 2.44. The number of H-pyrrole nitrogens is 1. The zero-order valence-corrected chi connectivity index (χ0v) is 23.8. The Balaban J connectivity index is 1.12. The van der Waals surface area contributed by atoms with Gasteiger partial charge in [-0.3, -0.25) is 4.79 Å². The van der Waals surface area contributed by atoms with E-state index in [1.54, 1.807) is 18.2 Å². The summed E-state index contributed by atoms with van der Waals surface area (Å²) in [5.41, 5.74) is 3.06. The predicted octanol–water partition coefficient (Wildman–Crippen LogP) is 5.21. The third kappa shape index (κ3) is 6.00. The van der Waals surface area contributed by atoms with Crippen LogP contribution in [-0.2, 0) is 33.5 Å². The van der Waals surface area contributed by atoms with E-state index in [-0.39, 0.29) is 24.9 Å². The van der Waals surface area contributed by atoms with Gasteiger partial charge in [0.2, 0.25) is 6.29 Å². The molecule has 6 rings (SSSR count). The Morgan fingerprint density at radius 2 is 1.79 bits per heavy atom. The van der Waals surface area contributed by atoms with Gasteiger partial charge in [0, 0.05) is 22.5 Å². The van der Waals surface area contributed by atoms with Crippen molar-refractivity contribution in [3.05, 3.63) is 64.3 Å². The second-order valence-corrected chi connectivity index (χ2v) is 12.0. The van der Waals surface area contributed by atoms with Crippen LogP contribution < -0.4 is 4.74 Å². The summed E-state index contributed by atoms with van der Waals surface area (Å²) in [4.78, 5) is 16.1. The molecular formula is C32H36F3NO7. The number of ether oxygens (including phenoxy) is 3. The molecule has 6 atom stereocenters. The second kappa shape index (κ2) is 11.8. The quantitative estimate of drug-likeness (QED) is 0.274. The summed E-state index contributed by atoms with van der Waals surface area (Å²) in [5, 5.41) is 30.9. The van der Waals surface area contributed by atoms with Crippen molar-refractivity contribution in [1.29, 1.82) is 0 Å². The lowest BCUT2D eigenvalue weighted by Crippen LogP contribution is -2.57. The second-order valence-electron chi connectivity index (χ2n) is 12.0. The van der Waals surface area contributed by atoms with Crippen molar-refractivity contribution in [1.82, 2.24) is 4.98 Å². The number of hydrogen-bond donors (Lipinski definition) is 4. The van der Waals surface area contributed by atoms with Crippen LogP contribution in [0.5, 0.6) is 5.75 Å². The van der Waals surface area contributed by atoms with Crippen molar-refractivity contribution < 1.29 is 47.5 Å². The summed E-state index contributed by atoms with van der Waals surface area (Å²) in [5.74, 6) is -0.276. The fourth-order valence-electron chi connectivity index (χ4n) is 6.81. The first-order valence-corrected chi connectivity index (χ1v) is 14.9. The zero-order valence-electron chi connectivity index (χ0n) is 23.8. The number of nitrogens with one attached hydrogen (secondary N) is 1. The Labute approximate surface area is 246 Å². The van der Waals surface area contributed by atoms with E-state index < -0.39 is 48.4 Å². The highest BCUT2D eigenvalue weighted by Crippen LogP contribution is 2.43. The standard InChI is InChI=1S/C32H36F3NO7/c1-16-28(38)29(39)30(40)31(42-16)43-26(37)13-19-7-10-22-23-14-20(8-11-25(23)36-27(19)22)41-15-17-6-9-21(18-4-2-3-5-18)24(12-17)32(33,34)35/h6,8-9,11-12,14,16,18-19,28-31,36,38-40H,2-5,7,10,13,15H2,1H3/t16-,19-,28-,29+,30-,31+/m1/s1. The van der Waals surface area contributed by atoms with E-state index >= 15 is 0 Å². The van der Waals surface area contributed by atoms with Gasteiger partial charge in [-0.05, 0) is 79.5 Å². The van der Waals surface area contributed by atoms with Crippen molar-refractivity contribution in [2.75, 3.05) is 0 Å². The zero-order chi connectivity index (χ0) is 30.5. The number of benzene rings is 2. The van der Waals surface area contributed by atoms with E-state index in [1.807, 2.05) is 12.1 Å². The van der Waals surface area contributed by atoms with Crippen LogP contribution in [0.25, 0.3) is 10.9 Å². The number of aryl methyl sites for hydroxylation is 1. The summed E-state index contributed by atoms with van der Waals surface area (Å²) in [6.45, 7) is 1.51. The molecule has 1 aromatic heterocycles. The number of esters is 1. The molecule has 2 heterocycles. The molecule has 1 saturated carbocycles. The minimum Gasteiger partial charge on any atom is -0.489 e. The minimum absolute atomic E-state index is 0.0000431. The third-order valence-corrected chi connectivity index (χ3v) is 9.15. The number of halogens is 3. The molecule has 0 amide bonds. The Hall–Kier alpha value is -3.12. The van der Waals surface area contributed by atoms with Crippen molar-refractivity contribution >= 4 is 16.9 Å². The summed E-state index contributed by atoms with van der Waals surface area (Å²) in [6.07, 6.45) is -6.05. The molecule has 0 radical (unpaired) electrons. The Morgan fingerprint density at radius 3 is 2.53 bits per heavy atom. The lowest BCUT2D eigenvalue weighted by Gasteiger charge is -2.38. The molecule has 0 unspecified atom stereocenters. The summed E-state index contributed by atoms with van der Waals surface area (Å²) in [6, 6.07) is 10.0. The highest BCUT2D eigenvalue weighted by atomic mass is 19.4. The van der Waals surface area contributed by atoms with Gasteiger partial charge in [0.1, 0.15) is 30.7 Å². The number of aliphatic hydroxyl groups is 3. The van der Waals surface area contributed by atoms with E-state index in [9.17, 15) is 33.3 Å².